The molecular weight excluding hydrogens is 309 g/mol. The quantitative estimate of drug-likeness (QED) is 0.657. The predicted molar refractivity (Wildman–Crippen MR) is 96.4 cm³/mol. The average molecular weight is 333 g/mol. The number of hydrogen-bond donors (Lipinski definition) is 2. The molecule has 1 aromatic carbocycles. The second-order valence-corrected chi connectivity index (χ2v) is 7.33. The maximum absolute atomic E-state index is 11.3. The van der Waals surface area contributed by atoms with Crippen LogP contribution in [0.4, 0.5) is 0 Å². The highest BCUT2D eigenvalue weighted by molar-refractivity contribution is 7.80. The molecule has 0 bridgehead atoms. The van der Waals surface area contributed by atoms with Gasteiger partial charge in [-0.15, -0.1) is 12.6 Å². The Morgan fingerprint density at radius 1 is 1.17 bits per heavy atom. The first-order valence-corrected chi connectivity index (χ1v) is 8.15. The molecular formula is C17H24BNO3S. The molecule has 4 nitrogen and oxygen atoms in total. The topological polar surface area (TPSA) is 47.6 Å². The van der Waals surface area contributed by atoms with Gasteiger partial charge in [0.25, 0.3) is 0 Å². The summed E-state index contributed by atoms with van der Waals surface area (Å²) in [5.41, 5.74) is 1.06. The maximum atomic E-state index is 11.3. The van der Waals surface area contributed by atoms with Crippen molar-refractivity contribution in [1.82, 2.24) is 5.32 Å². The fourth-order valence-corrected chi connectivity index (χ4v) is 2.36. The first-order valence-electron chi connectivity index (χ1n) is 7.70. The molecule has 1 saturated heterocycles. The van der Waals surface area contributed by atoms with Crippen LogP contribution in [0.2, 0.25) is 0 Å². The van der Waals surface area contributed by atoms with E-state index < -0.39 is 18.3 Å². The largest absolute Gasteiger partial charge is 0.492 e. The fourth-order valence-electron chi connectivity index (χ4n) is 2.21. The number of carbonyl (C=O) groups is 1. The van der Waals surface area contributed by atoms with Crippen molar-refractivity contribution < 1.29 is 14.1 Å². The first-order chi connectivity index (χ1) is 10.6. The van der Waals surface area contributed by atoms with E-state index in [0.717, 1.165) is 15.9 Å². The number of benzene rings is 1. The summed E-state index contributed by atoms with van der Waals surface area (Å²) in [6.45, 7) is 9.93. The van der Waals surface area contributed by atoms with Gasteiger partial charge in [-0.05, 0) is 50.9 Å². The molecule has 23 heavy (non-hydrogen) atoms. The zero-order chi connectivity index (χ0) is 17.3. The Morgan fingerprint density at radius 3 is 2.17 bits per heavy atom. The van der Waals surface area contributed by atoms with Crippen molar-refractivity contribution in [2.45, 2.75) is 50.7 Å². The van der Waals surface area contributed by atoms with Crippen molar-refractivity contribution in [2.24, 2.45) is 0 Å². The summed E-state index contributed by atoms with van der Waals surface area (Å²) in [4.78, 5) is 12.2. The van der Waals surface area contributed by atoms with Gasteiger partial charge in [-0.1, -0.05) is 18.2 Å². The second kappa shape index (κ2) is 6.71. The summed E-state index contributed by atoms with van der Waals surface area (Å²) in [6.07, 6.45) is 1.99. The maximum Gasteiger partial charge on any atom is 0.492 e. The molecule has 0 atom stereocenters. The minimum absolute atomic E-state index is 0.0851. The van der Waals surface area contributed by atoms with E-state index in [-0.39, 0.29) is 5.91 Å². The molecule has 6 heteroatoms. The number of nitrogens with one attached hydrogen (secondary N) is 1. The van der Waals surface area contributed by atoms with Gasteiger partial charge in [0.1, 0.15) is 0 Å². The number of carbonyl (C=O) groups excluding carboxylic acids is 1. The van der Waals surface area contributed by atoms with E-state index in [9.17, 15) is 4.79 Å². The normalized spacial score (nSPS) is 19.7. The Kier molecular flexibility index (Phi) is 5.28. The van der Waals surface area contributed by atoms with E-state index in [4.69, 9.17) is 9.31 Å². The van der Waals surface area contributed by atoms with Crippen molar-refractivity contribution in [3.05, 3.63) is 35.3 Å². The van der Waals surface area contributed by atoms with Crippen molar-refractivity contribution >= 4 is 31.7 Å². The molecule has 0 aromatic heterocycles. The standard InChI is InChI=1S/C17H24BNO3S/c1-12(20)19-11-14(10-13-6-8-15(23)9-7-13)18-21-16(2,3)17(4,5)22-18/h6-10,23H,11H2,1-5H3,(H,19,20). The highest BCUT2D eigenvalue weighted by atomic mass is 32.1. The molecule has 0 radical (unpaired) electrons. The van der Waals surface area contributed by atoms with Gasteiger partial charge in [-0.3, -0.25) is 4.79 Å². The molecule has 1 N–H and O–H groups in total. The Bertz CT molecular complexity index is 595. The van der Waals surface area contributed by atoms with Crippen LogP contribution in [0.15, 0.2) is 34.6 Å². The van der Waals surface area contributed by atoms with E-state index in [1.165, 1.54) is 6.92 Å². The molecule has 1 aromatic rings. The lowest BCUT2D eigenvalue weighted by Gasteiger charge is -2.32. The molecule has 0 saturated carbocycles. The molecule has 124 valence electrons. The third-order valence-electron chi connectivity index (χ3n) is 4.34. The molecule has 0 unspecified atom stereocenters. The lowest BCUT2D eigenvalue weighted by molar-refractivity contribution is -0.118. The zero-order valence-corrected chi connectivity index (χ0v) is 15.2. The Morgan fingerprint density at radius 2 is 1.70 bits per heavy atom. The van der Waals surface area contributed by atoms with Crippen LogP contribution in [0, 0.1) is 0 Å². The monoisotopic (exact) mass is 333 g/mol. The van der Waals surface area contributed by atoms with Crippen LogP contribution in [0.3, 0.4) is 0 Å². The molecule has 0 spiro atoms. The summed E-state index contributed by atoms with van der Waals surface area (Å²) >= 11 is 4.30. The van der Waals surface area contributed by atoms with Gasteiger partial charge in [-0.25, -0.2) is 0 Å². The summed E-state index contributed by atoms with van der Waals surface area (Å²) in [5.74, 6) is -0.0851. The van der Waals surface area contributed by atoms with Crippen LogP contribution in [-0.2, 0) is 14.1 Å². The summed E-state index contributed by atoms with van der Waals surface area (Å²) in [7, 11) is -0.484. The lowest BCUT2D eigenvalue weighted by atomic mass is 9.77. The lowest BCUT2D eigenvalue weighted by Crippen LogP contribution is -2.41. The number of rotatable bonds is 4. The Labute approximate surface area is 144 Å². The third kappa shape index (κ3) is 4.40. The fraction of sp³-hybridized carbons (Fsp3) is 0.471. The van der Waals surface area contributed by atoms with Crippen LogP contribution >= 0.6 is 12.6 Å². The molecule has 1 aliphatic rings. The smallest absolute Gasteiger partial charge is 0.400 e. The van der Waals surface area contributed by atoms with Crippen LogP contribution in [-0.4, -0.2) is 30.8 Å². The highest BCUT2D eigenvalue weighted by Crippen LogP contribution is 2.38. The van der Waals surface area contributed by atoms with Crippen LogP contribution in [0.5, 0.6) is 0 Å². The number of hydrogen-bond acceptors (Lipinski definition) is 4. The van der Waals surface area contributed by atoms with Gasteiger partial charge in [0, 0.05) is 18.4 Å². The molecule has 1 aliphatic heterocycles. The van der Waals surface area contributed by atoms with Gasteiger partial charge in [-0.2, -0.15) is 0 Å². The Hall–Kier alpha value is -1.24. The van der Waals surface area contributed by atoms with E-state index in [2.05, 4.69) is 17.9 Å². The van der Waals surface area contributed by atoms with Crippen molar-refractivity contribution in [2.75, 3.05) is 6.54 Å². The minimum Gasteiger partial charge on any atom is -0.400 e. The first kappa shape index (κ1) is 18.1. The SMILES string of the molecule is CC(=O)NCC(=Cc1ccc(S)cc1)B1OC(C)(C)C(C)(C)O1. The van der Waals surface area contributed by atoms with Crippen molar-refractivity contribution in [3.8, 4) is 0 Å². The average Bonchev–Trinajstić information content (AvgIpc) is 2.65. The second-order valence-electron chi connectivity index (χ2n) is 6.81. The van der Waals surface area contributed by atoms with Crippen LogP contribution in [0.1, 0.15) is 40.2 Å². The zero-order valence-electron chi connectivity index (χ0n) is 14.3. The van der Waals surface area contributed by atoms with Gasteiger partial charge in [0.05, 0.1) is 11.2 Å². The van der Waals surface area contributed by atoms with Gasteiger partial charge in [0.15, 0.2) is 0 Å². The molecule has 1 heterocycles. The predicted octanol–water partition coefficient (Wildman–Crippen LogP) is 3.13. The molecule has 0 aliphatic carbocycles. The van der Waals surface area contributed by atoms with Gasteiger partial charge >= 0.3 is 7.12 Å². The van der Waals surface area contributed by atoms with E-state index in [1.54, 1.807) is 0 Å². The Balaban J connectivity index is 2.28. The van der Waals surface area contributed by atoms with Crippen molar-refractivity contribution in [3.63, 3.8) is 0 Å². The third-order valence-corrected chi connectivity index (χ3v) is 4.64. The van der Waals surface area contributed by atoms with Crippen LogP contribution < -0.4 is 5.32 Å². The van der Waals surface area contributed by atoms with E-state index >= 15 is 0 Å². The molecule has 2 rings (SSSR count). The summed E-state index contributed by atoms with van der Waals surface area (Å²) < 4.78 is 12.2. The summed E-state index contributed by atoms with van der Waals surface area (Å²) in [6, 6.07) is 7.80. The van der Waals surface area contributed by atoms with Crippen molar-refractivity contribution in [1.29, 1.82) is 0 Å². The minimum atomic E-state index is -0.484. The molecule has 1 amide bonds. The number of amides is 1. The number of thiol groups is 1. The van der Waals surface area contributed by atoms with Crippen LogP contribution in [0.25, 0.3) is 6.08 Å². The summed E-state index contributed by atoms with van der Waals surface area (Å²) in [5, 5.41) is 2.83. The van der Waals surface area contributed by atoms with Gasteiger partial charge < -0.3 is 14.6 Å². The van der Waals surface area contributed by atoms with E-state index in [1.807, 2.05) is 58.0 Å². The van der Waals surface area contributed by atoms with Gasteiger partial charge in [0.2, 0.25) is 5.91 Å². The highest BCUT2D eigenvalue weighted by Gasteiger charge is 2.52. The van der Waals surface area contributed by atoms with E-state index in [0.29, 0.717) is 6.54 Å². The molecule has 1 fully saturated rings.